The normalized spacial score (nSPS) is 17.0. The lowest BCUT2D eigenvalue weighted by atomic mass is 10.2. The van der Waals surface area contributed by atoms with Crippen molar-refractivity contribution in [1.29, 1.82) is 0 Å². The van der Waals surface area contributed by atoms with Crippen LogP contribution in [0.4, 0.5) is 0 Å². The van der Waals surface area contributed by atoms with Crippen molar-refractivity contribution in [3.63, 3.8) is 0 Å². The average molecular weight is 407 g/mol. The van der Waals surface area contributed by atoms with Crippen molar-refractivity contribution < 1.29 is 9.53 Å². The van der Waals surface area contributed by atoms with Crippen LogP contribution in [0.2, 0.25) is 5.02 Å². The zero-order valence-electron chi connectivity index (χ0n) is 14.1. The van der Waals surface area contributed by atoms with E-state index in [9.17, 15) is 9.59 Å². The highest BCUT2D eigenvalue weighted by molar-refractivity contribution is 8.00. The molecule has 1 aromatic carbocycles. The molecular formula is C18H15ClN2O3S2. The molecule has 1 fully saturated rings. The van der Waals surface area contributed by atoms with Gasteiger partial charge in [0.25, 0.3) is 5.56 Å². The van der Waals surface area contributed by atoms with Crippen LogP contribution >= 0.6 is 34.7 Å². The number of halogens is 1. The molecular weight excluding hydrogens is 392 g/mol. The molecule has 3 heterocycles. The molecule has 4 rings (SSSR count). The van der Waals surface area contributed by atoms with Gasteiger partial charge in [-0.1, -0.05) is 23.4 Å². The molecule has 0 saturated carbocycles. The molecule has 0 spiro atoms. The standard InChI is InChI=1S/C18H15ClN2O3S2/c1-9-10(2)25-15-14(9)16(22)21(12-5-3-11(19)4-6-12)18(20-15)26-13-7-8-24-17(13)23/h3-6,13H,7-8H2,1-2H3/t13-/m0/s1. The summed E-state index contributed by atoms with van der Waals surface area (Å²) in [5.74, 6) is -0.259. The number of cyclic esters (lactones) is 1. The summed E-state index contributed by atoms with van der Waals surface area (Å²) < 4.78 is 6.61. The lowest BCUT2D eigenvalue weighted by Gasteiger charge is -2.14. The van der Waals surface area contributed by atoms with Gasteiger partial charge < -0.3 is 4.74 Å². The fraction of sp³-hybridized carbons (Fsp3) is 0.278. The number of hydrogen-bond donors (Lipinski definition) is 0. The Bertz CT molecular complexity index is 1070. The maximum Gasteiger partial charge on any atom is 0.319 e. The van der Waals surface area contributed by atoms with E-state index in [1.165, 1.54) is 23.1 Å². The first-order chi connectivity index (χ1) is 12.5. The molecule has 1 aliphatic heterocycles. The van der Waals surface area contributed by atoms with Gasteiger partial charge in [-0.3, -0.25) is 14.2 Å². The number of fused-ring (bicyclic) bond motifs is 1. The highest BCUT2D eigenvalue weighted by atomic mass is 35.5. The molecule has 3 aromatic rings. The third-order valence-electron chi connectivity index (χ3n) is 4.39. The van der Waals surface area contributed by atoms with E-state index in [1.807, 2.05) is 13.8 Å². The Hall–Kier alpha value is -1.83. The lowest BCUT2D eigenvalue weighted by Crippen LogP contribution is -2.23. The number of ether oxygens (including phenoxy) is 1. The molecule has 26 heavy (non-hydrogen) atoms. The van der Waals surface area contributed by atoms with Crippen molar-refractivity contribution in [2.45, 2.75) is 30.7 Å². The van der Waals surface area contributed by atoms with Crippen molar-refractivity contribution in [2.24, 2.45) is 0 Å². The van der Waals surface area contributed by atoms with Gasteiger partial charge in [-0.25, -0.2) is 4.98 Å². The first kappa shape index (κ1) is 17.6. The Morgan fingerprint density at radius 2 is 2.00 bits per heavy atom. The fourth-order valence-electron chi connectivity index (χ4n) is 2.88. The van der Waals surface area contributed by atoms with Gasteiger partial charge in [0.05, 0.1) is 17.7 Å². The second-order valence-electron chi connectivity index (χ2n) is 6.04. The SMILES string of the molecule is Cc1sc2nc(S[C@H]3CCOC3=O)n(-c3ccc(Cl)cc3)c(=O)c2c1C. The molecule has 0 amide bonds. The summed E-state index contributed by atoms with van der Waals surface area (Å²) in [6, 6.07) is 7.03. The number of nitrogens with zero attached hydrogens (tertiary/aromatic N) is 2. The average Bonchev–Trinajstić information content (AvgIpc) is 3.13. The van der Waals surface area contributed by atoms with Gasteiger partial charge in [-0.05, 0) is 43.7 Å². The number of aryl methyl sites for hydroxylation is 2. The number of benzene rings is 1. The Kier molecular flexibility index (Phi) is 4.54. The molecule has 0 bridgehead atoms. The molecule has 134 valence electrons. The van der Waals surface area contributed by atoms with E-state index in [4.69, 9.17) is 21.3 Å². The van der Waals surface area contributed by atoms with Crippen LogP contribution in [-0.4, -0.2) is 27.4 Å². The number of carbonyl (C=O) groups is 1. The van der Waals surface area contributed by atoms with Gasteiger partial charge in [0.1, 0.15) is 10.1 Å². The zero-order chi connectivity index (χ0) is 18.4. The predicted molar refractivity (Wildman–Crippen MR) is 105 cm³/mol. The Morgan fingerprint density at radius 3 is 2.65 bits per heavy atom. The van der Waals surface area contributed by atoms with E-state index in [-0.39, 0.29) is 16.8 Å². The third-order valence-corrected chi connectivity index (χ3v) is 6.94. The predicted octanol–water partition coefficient (Wildman–Crippen LogP) is 4.13. The summed E-state index contributed by atoms with van der Waals surface area (Å²) in [7, 11) is 0. The summed E-state index contributed by atoms with van der Waals surface area (Å²) in [6.45, 7) is 4.32. The highest BCUT2D eigenvalue weighted by Crippen LogP contribution is 2.33. The summed E-state index contributed by atoms with van der Waals surface area (Å²) in [5.41, 5.74) is 1.49. The minimum absolute atomic E-state index is 0.131. The van der Waals surface area contributed by atoms with Crippen molar-refractivity contribution in [2.75, 3.05) is 6.61 Å². The van der Waals surface area contributed by atoms with Crippen LogP contribution in [0, 0.1) is 13.8 Å². The van der Waals surface area contributed by atoms with Crippen LogP contribution in [0.1, 0.15) is 16.9 Å². The van der Waals surface area contributed by atoms with Crippen molar-refractivity contribution in [3.05, 3.63) is 50.1 Å². The topological polar surface area (TPSA) is 61.2 Å². The molecule has 8 heteroatoms. The molecule has 1 aliphatic rings. The third kappa shape index (κ3) is 2.94. The summed E-state index contributed by atoms with van der Waals surface area (Å²) >= 11 is 8.77. The molecule has 0 N–H and O–H groups in total. The van der Waals surface area contributed by atoms with E-state index in [2.05, 4.69) is 0 Å². The largest absolute Gasteiger partial charge is 0.465 e. The van der Waals surface area contributed by atoms with E-state index in [0.29, 0.717) is 39.1 Å². The molecule has 1 saturated heterocycles. The Morgan fingerprint density at radius 1 is 1.27 bits per heavy atom. The van der Waals surface area contributed by atoms with Gasteiger partial charge in [-0.15, -0.1) is 11.3 Å². The van der Waals surface area contributed by atoms with Crippen LogP contribution in [0.25, 0.3) is 15.9 Å². The number of thioether (sulfide) groups is 1. The van der Waals surface area contributed by atoms with E-state index in [0.717, 1.165) is 10.4 Å². The minimum atomic E-state index is -0.347. The number of hydrogen-bond acceptors (Lipinski definition) is 6. The molecule has 2 aromatic heterocycles. The second-order valence-corrected chi connectivity index (χ2v) is 8.85. The molecule has 0 radical (unpaired) electrons. The first-order valence-electron chi connectivity index (χ1n) is 8.07. The van der Waals surface area contributed by atoms with Crippen LogP contribution < -0.4 is 5.56 Å². The Labute approximate surface area is 163 Å². The monoisotopic (exact) mass is 406 g/mol. The van der Waals surface area contributed by atoms with Gasteiger partial charge in [0.15, 0.2) is 5.16 Å². The summed E-state index contributed by atoms with van der Waals surface area (Å²) in [6.07, 6.45) is 0.612. The molecule has 0 aliphatic carbocycles. The molecule has 5 nitrogen and oxygen atoms in total. The fourth-order valence-corrected chi connectivity index (χ4v) is 5.16. The van der Waals surface area contributed by atoms with E-state index < -0.39 is 0 Å². The van der Waals surface area contributed by atoms with Crippen LogP contribution in [0.5, 0.6) is 0 Å². The summed E-state index contributed by atoms with van der Waals surface area (Å²) in [5, 5.41) is 1.36. The van der Waals surface area contributed by atoms with E-state index in [1.54, 1.807) is 28.8 Å². The van der Waals surface area contributed by atoms with E-state index >= 15 is 0 Å². The highest BCUT2D eigenvalue weighted by Gasteiger charge is 2.30. The zero-order valence-corrected chi connectivity index (χ0v) is 16.5. The van der Waals surface area contributed by atoms with Crippen molar-refractivity contribution >= 4 is 50.9 Å². The first-order valence-corrected chi connectivity index (χ1v) is 10.1. The Balaban J connectivity index is 1.95. The second kappa shape index (κ2) is 6.72. The van der Waals surface area contributed by atoms with Crippen LogP contribution in [-0.2, 0) is 9.53 Å². The lowest BCUT2D eigenvalue weighted by molar-refractivity contribution is -0.137. The maximum atomic E-state index is 13.3. The number of aromatic nitrogens is 2. The minimum Gasteiger partial charge on any atom is -0.465 e. The van der Waals surface area contributed by atoms with Gasteiger partial charge >= 0.3 is 5.97 Å². The molecule has 0 unspecified atom stereocenters. The number of carbonyl (C=O) groups excluding carboxylic acids is 1. The van der Waals surface area contributed by atoms with Crippen molar-refractivity contribution in [3.8, 4) is 5.69 Å². The van der Waals surface area contributed by atoms with Crippen LogP contribution in [0.15, 0.2) is 34.2 Å². The number of esters is 1. The number of rotatable bonds is 3. The summed E-state index contributed by atoms with van der Waals surface area (Å²) in [4.78, 5) is 31.7. The van der Waals surface area contributed by atoms with Gasteiger partial charge in [0.2, 0.25) is 0 Å². The van der Waals surface area contributed by atoms with Gasteiger partial charge in [-0.2, -0.15) is 0 Å². The van der Waals surface area contributed by atoms with Crippen molar-refractivity contribution in [1.82, 2.24) is 9.55 Å². The quantitative estimate of drug-likeness (QED) is 0.483. The molecule has 1 atom stereocenters. The number of thiophene rings is 1. The van der Waals surface area contributed by atoms with Gasteiger partial charge in [0, 0.05) is 16.3 Å². The maximum absolute atomic E-state index is 13.3. The smallest absolute Gasteiger partial charge is 0.319 e. The van der Waals surface area contributed by atoms with Crippen LogP contribution in [0.3, 0.4) is 0 Å².